The third kappa shape index (κ3) is 4.98. The van der Waals surface area contributed by atoms with Crippen molar-refractivity contribution < 1.29 is 14.3 Å². The summed E-state index contributed by atoms with van der Waals surface area (Å²) in [7, 11) is 0. The lowest BCUT2D eigenvalue weighted by Crippen LogP contribution is -2.29. The molecule has 1 saturated heterocycles. The highest BCUT2D eigenvalue weighted by atomic mass is 16.5. The molecule has 0 spiro atoms. The van der Waals surface area contributed by atoms with E-state index in [1.807, 2.05) is 43.0 Å². The van der Waals surface area contributed by atoms with E-state index in [-0.39, 0.29) is 23.8 Å². The van der Waals surface area contributed by atoms with Crippen LogP contribution in [0.1, 0.15) is 46.5 Å². The van der Waals surface area contributed by atoms with E-state index < -0.39 is 0 Å². The van der Waals surface area contributed by atoms with Crippen LogP contribution in [-0.4, -0.2) is 35.9 Å². The molecule has 0 saturated carbocycles. The van der Waals surface area contributed by atoms with Crippen LogP contribution in [0.2, 0.25) is 0 Å². The normalized spacial score (nSPS) is 17.4. The zero-order valence-corrected chi connectivity index (χ0v) is 14.9. The van der Waals surface area contributed by atoms with Gasteiger partial charge in [-0.15, -0.1) is 0 Å². The molecule has 5 nitrogen and oxygen atoms in total. The molecular weight excluding hydrogens is 304 g/mol. The van der Waals surface area contributed by atoms with Gasteiger partial charge in [0.1, 0.15) is 5.75 Å². The number of carbonyl (C=O) groups is 2. The highest BCUT2D eigenvalue weighted by molar-refractivity contribution is 5.98. The average molecular weight is 332 g/mol. The number of likely N-dealkylation sites (tertiary alicyclic amines) is 1. The molecule has 1 aliphatic rings. The number of rotatable bonds is 8. The number of hydrogen-bond acceptors (Lipinski definition) is 3. The Kier molecular flexibility index (Phi) is 6.64. The summed E-state index contributed by atoms with van der Waals surface area (Å²) >= 11 is 0. The summed E-state index contributed by atoms with van der Waals surface area (Å²) in [6.07, 6.45) is 3.57. The Labute approximate surface area is 144 Å². The maximum Gasteiger partial charge on any atom is 0.229 e. The van der Waals surface area contributed by atoms with Gasteiger partial charge in [-0.3, -0.25) is 9.59 Å². The zero-order valence-electron chi connectivity index (χ0n) is 14.9. The van der Waals surface area contributed by atoms with Crippen molar-refractivity contribution in [2.45, 2.75) is 52.6 Å². The van der Waals surface area contributed by atoms with Crippen LogP contribution in [0.5, 0.6) is 5.75 Å². The summed E-state index contributed by atoms with van der Waals surface area (Å²) in [5, 5.41) is 2.92. The Morgan fingerprint density at radius 1 is 1.33 bits per heavy atom. The Balaban J connectivity index is 1.95. The lowest BCUT2D eigenvalue weighted by molar-refractivity contribution is -0.128. The van der Waals surface area contributed by atoms with Gasteiger partial charge in [-0.1, -0.05) is 31.9 Å². The molecule has 1 aromatic carbocycles. The highest BCUT2D eigenvalue weighted by Crippen LogP contribution is 2.27. The first-order valence-corrected chi connectivity index (χ1v) is 8.85. The van der Waals surface area contributed by atoms with Gasteiger partial charge in [0, 0.05) is 19.5 Å². The van der Waals surface area contributed by atoms with Crippen LogP contribution in [0, 0.1) is 5.92 Å². The van der Waals surface area contributed by atoms with Crippen molar-refractivity contribution in [3.05, 3.63) is 24.3 Å². The molecule has 132 valence electrons. The summed E-state index contributed by atoms with van der Waals surface area (Å²) in [5.74, 6) is 0.343. The predicted octanol–water partition coefficient (Wildman–Crippen LogP) is 3.45. The zero-order chi connectivity index (χ0) is 17.5. The Bertz CT molecular complexity index is 571. The van der Waals surface area contributed by atoms with Crippen LogP contribution in [-0.2, 0) is 9.59 Å². The molecule has 0 bridgehead atoms. The number of benzene rings is 1. The number of amides is 2. The van der Waals surface area contributed by atoms with Crippen molar-refractivity contribution in [1.29, 1.82) is 0 Å². The molecule has 0 radical (unpaired) electrons. The molecule has 2 amide bonds. The van der Waals surface area contributed by atoms with Gasteiger partial charge in [0.25, 0.3) is 0 Å². The third-order valence-electron chi connectivity index (χ3n) is 4.12. The molecule has 0 aromatic heterocycles. The van der Waals surface area contributed by atoms with E-state index in [2.05, 4.69) is 12.2 Å². The van der Waals surface area contributed by atoms with Crippen molar-refractivity contribution in [2.24, 2.45) is 5.92 Å². The molecule has 1 atom stereocenters. The molecule has 1 fully saturated rings. The fraction of sp³-hybridized carbons (Fsp3) is 0.579. The maximum absolute atomic E-state index is 12.5. The topological polar surface area (TPSA) is 58.6 Å². The second-order valence-electron chi connectivity index (χ2n) is 6.60. The molecule has 0 aliphatic carbocycles. The van der Waals surface area contributed by atoms with Gasteiger partial charge < -0.3 is 15.0 Å². The Morgan fingerprint density at radius 2 is 2.08 bits per heavy atom. The van der Waals surface area contributed by atoms with Crippen molar-refractivity contribution in [3.63, 3.8) is 0 Å². The number of anilines is 1. The van der Waals surface area contributed by atoms with Crippen LogP contribution in [0.15, 0.2) is 24.3 Å². The van der Waals surface area contributed by atoms with E-state index in [0.29, 0.717) is 24.4 Å². The largest absolute Gasteiger partial charge is 0.489 e. The predicted molar refractivity (Wildman–Crippen MR) is 95.0 cm³/mol. The molecular formula is C19H28N2O3. The van der Waals surface area contributed by atoms with Crippen LogP contribution in [0.3, 0.4) is 0 Å². The second-order valence-corrected chi connectivity index (χ2v) is 6.60. The molecule has 1 N–H and O–H groups in total. The van der Waals surface area contributed by atoms with Crippen molar-refractivity contribution >= 4 is 17.5 Å². The fourth-order valence-corrected chi connectivity index (χ4v) is 2.88. The summed E-state index contributed by atoms with van der Waals surface area (Å²) in [6.45, 7) is 7.30. The minimum atomic E-state index is -0.286. The van der Waals surface area contributed by atoms with Gasteiger partial charge in [0.15, 0.2) is 0 Å². The van der Waals surface area contributed by atoms with E-state index in [9.17, 15) is 9.59 Å². The smallest absolute Gasteiger partial charge is 0.229 e. The maximum atomic E-state index is 12.5. The van der Waals surface area contributed by atoms with Crippen molar-refractivity contribution in [1.82, 2.24) is 4.90 Å². The minimum Gasteiger partial charge on any atom is -0.489 e. The quantitative estimate of drug-likeness (QED) is 0.742. The van der Waals surface area contributed by atoms with E-state index in [0.717, 1.165) is 25.8 Å². The number of hydrogen-bond donors (Lipinski definition) is 1. The molecule has 1 heterocycles. The molecule has 1 aliphatic heterocycles. The average Bonchev–Trinajstić information content (AvgIpc) is 2.90. The van der Waals surface area contributed by atoms with Gasteiger partial charge >= 0.3 is 0 Å². The molecule has 2 rings (SSSR count). The molecule has 5 heteroatoms. The minimum absolute atomic E-state index is 0.0326. The molecule has 1 unspecified atom stereocenters. The van der Waals surface area contributed by atoms with Gasteiger partial charge in [-0.05, 0) is 32.4 Å². The Morgan fingerprint density at radius 3 is 2.79 bits per heavy atom. The first kappa shape index (κ1) is 18.3. The number of ether oxygens (including phenoxy) is 1. The number of nitrogens with zero attached hydrogens (tertiary/aromatic N) is 1. The summed E-state index contributed by atoms with van der Waals surface area (Å²) in [6, 6.07) is 7.40. The lowest BCUT2D eigenvalue weighted by atomic mass is 10.1. The van der Waals surface area contributed by atoms with Gasteiger partial charge in [-0.25, -0.2) is 0 Å². The van der Waals surface area contributed by atoms with Gasteiger partial charge in [-0.2, -0.15) is 0 Å². The summed E-state index contributed by atoms with van der Waals surface area (Å²) in [5.41, 5.74) is 0.660. The number of carbonyl (C=O) groups excluding carboxylic acids is 2. The first-order chi connectivity index (χ1) is 11.5. The van der Waals surface area contributed by atoms with Gasteiger partial charge in [0.2, 0.25) is 11.8 Å². The first-order valence-electron chi connectivity index (χ1n) is 8.85. The van der Waals surface area contributed by atoms with E-state index in [1.54, 1.807) is 0 Å². The van der Waals surface area contributed by atoms with Crippen LogP contribution in [0.25, 0.3) is 0 Å². The SMILES string of the molecule is CCCCCN1CC(C(=O)Nc2ccccc2OC(C)C)CC1=O. The van der Waals surface area contributed by atoms with Crippen LogP contribution in [0.4, 0.5) is 5.69 Å². The second kappa shape index (κ2) is 8.71. The van der Waals surface area contributed by atoms with Crippen molar-refractivity contribution in [2.75, 3.05) is 18.4 Å². The third-order valence-corrected chi connectivity index (χ3v) is 4.12. The van der Waals surface area contributed by atoms with Crippen LogP contribution < -0.4 is 10.1 Å². The molecule has 1 aromatic rings. The van der Waals surface area contributed by atoms with E-state index >= 15 is 0 Å². The standard InChI is InChI=1S/C19H28N2O3/c1-4-5-8-11-21-13-15(12-18(21)22)19(23)20-16-9-6-7-10-17(16)24-14(2)3/h6-7,9-10,14-15H,4-5,8,11-13H2,1-3H3,(H,20,23). The van der Waals surface area contributed by atoms with Crippen molar-refractivity contribution in [3.8, 4) is 5.75 Å². The van der Waals surface area contributed by atoms with Gasteiger partial charge in [0.05, 0.1) is 17.7 Å². The Hall–Kier alpha value is -2.04. The van der Waals surface area contributed by atoms with Crippen LogP contribution >= 0.6 is 0 Å². The fourth-order valence-electron chi connectivity index (χ4n) is 2.88. The van der Waals surface area contributed by atoms with E-state index in [4.69, 9.17) is 4.74 Å². The number of nitrogens with one attached hydrogen (secondary N) is 1. The monoisotopic (exact) mass is 332 g/mol. The number of unbranched alkanes of at least 4 members (excludes halogenated alkanes) is 2. The lowest BCUT2D eigenvalue weighted by Gasteiger charge is -2.17. The van der Waals surface area contributed by atoms with E-state index in [1.165, 1.54) is 0 Å². The molecule has 24 heavy (non-hydrogen) atoms. The number of para-hydroxylation sites is 2. The highest BCUT2D eigenvalue weighted by Gasteiger charge is 2.34. The summed E-state index contributed by atoms with van der Waals surface area (Å²) < 4.78 is 5.72. The summed E-state index contributed by atoms with van der Waals surface area (Å²) in [4.78, 5) is 26.4.